The number of halogens is 2. The largest absolute Gasteiger partial charge is 0.361 e. The molecule has 1 aliphatic rings. The van der Waals surface area contributed by atoms with Gasteiger partial charge in [-0.1, -0.05) is 37.6 Å². The van der Waals surface area contributed by atoms with Crippen LogP contribution in [0.3, 0.4) is 0 Å². The van der Waals surface area contributed by atoms with Crippen LogP contribution >= 0.6 is 11.6 Å². The lowest BCUT2D eigenvalue weighted by Crippen LogP contribution is -2.49. The van der Waals surface area contributed by atoms with Crippen molar-refractivity contribution in [2.24, 2.45) is 5.92 Å². The minimum absolute atomic E-state index is 0.0241. The maximum absolute atomic E-state index is 14.5. The number of carbonyl (C=O) groups is 2. The van der Waals surface area contributed by atoms with E-state index < -0.39 is 11.4 Å². The molecule has 6 nitrogen and oxygen atoms in total. The molecule has 1 aromatic carbocycles. The maximum Gasteiger partial charge on any atom is 0.261 e. The Labute approximate surface area is 173 Å². The molecular weight excluding hydrogens is 395 g/mol. The fourth-order valence-corrected chi connectivity index (χ4v) is 3.89. The lowest BCUT2D eigenvalue weighted by molar-refractivity contribution is 0.0620. The van der Waals surface area contributed by atoms with Gasteiger partial charge in [0.05, 0.1) is 28.8 Å². The first-order valence-corrected chi connectivity index (χ1v) is 9.52. The molecule has 0 radical (unpaired) electrons. The SMILES string of the molecule is CC(C)CC(C)(CN1C(=O)c2ccccc2C1=O)Nc1nc(Cl)c(C#N)cc1F. The van der Waals surface area contributed by atoms with Gasteiger partial charge < -0.3 is 5.32 Å². The fourth-order valence-electron chi connectivity index (χ4n) is 3.71. The lowest BCUT2D eigenvalue weighted by Gasteiger charge is -2.36. The molecule has 0 saturated carbocycles. The van der Waals surface area contributed by atoms with Gasteiger partial charge in [-0.05, 0) is 37.5 Å². The van der Waals surface area contributed by atoms with Gasteiger partial charge in [-0.15, -0.1) is 0 Å². The molecule has 0 fully saturated rings. The number of benzene rings is 1. The van der Waals surface area contributed by atoms with Crippen LogP contribution in [-0.4, -0.2) is 33.8 Å². The summed E-state index contributed by atoms with van der Waals surface area (Å²) in [6.07, 6.45) is 0.527. The molecule has 2 aromatic rings. The highest BCUT2D eigenvalue weighted by molar-refractivity contribution is 6.30. The molecule has 1 aliphatic heterocycles. The Morgan fingerprint density at radius 2 is 1.86 bits per heavy atom. The van der Waals surface area contributed by atoms with Gasteiger partial charge in [0.25, 0.3) is 11.8 Å². The summed E-state index contributed by atoms with van der Waals surface area (Å²) >= 11 is 5.95. The van der Waals surface area contributed by atoms with Crippen molar-refractivity contribution in [2.45, 2.75) is 32.7 Å². The first-order valence-electron chi connectivity index (χ1n) is 9.15. The molecule has 1 atom stereocenters. The number of nitrogens with one attached hydrogen (secondary N) is 1. The maximum atomic E-state index is 14.5. The van der Waals surface area contributed by atoms with Gasteiger partial charge >= 0.3 is 0 Å². The van der Waals surface area contributed by atoms with E-state index in [1.165, 1.54) is 4.90 Å². The summed E-state index contributed by atoms with van der Waals surface area (Å²) in [5.74, 6) is -1.45. The molecule has 2 amide bonds. The Balaban J connectivity index is 1.93. The van der Waals surface area contributed by atoms with E-state index in [2.05, 4.69) is 10.3 Å². The lowest BCUT2D eigenvalue weighted by atomic mass is 9.90. The van der Waals surface area contributed by atoms with Crippen molar-refractivity contribution < 1.29 is 14.0 Å². The zero-order valence-electron chi connectivity index (χ0n) is 16.3. The molecular formula is C21H20ClFN4O2. The first kappa shape index (κ1) is 20.7. The summed E-state index contributed by atoms with van der Waals surface area (Å²) in [6.45, 7) is 5.79. The van der Waals surface area contributed by atoms with Crippen molar-refractivity contribution in [3.8, 4) is 6.07 Å². The van der Waals surface area contributed by atoms with Gasteiger partial charge in [0, 0.05) is 0 Å². The van der Waals surface area contributed by atoms with Crippen molar-refractivity contribution >= 4 is 29.2 Å². The van der Waals surface area contributed by atoms with E-state index in [0.29, 0.717) is 17.5 Å². The van der Waals surface area contributed by atoms with Gasteiger partial charge in [0.15, 0.2) is 11.6 Å². The highest BCUT2D eigenvalue weighted by atomic mass is 35.5. The molecule has 2 heterocycles. The van der Waals surface area contributed by atoms with E-state index in [1.807, 2.05) is 13.8 Å². The molecule has 0 spiro atoms. The van der Waals surface area contributed by atoms with Crippen LogP contribution in [0.25, 0.3) is 0 Å². The molecule has 1 aromatic heterocycles. The Morgan fingerprint density at radius 1 is 1.28 bits per heavy atom. The Bertz CT molecular complexity index is 999. The summed E-state index contributed by atoms with van der Waals surface area (Å²) < 4.78 is 14.5. The number of nitriles is 1. The minimum Gasteiger partial charge on any atom is -0.361 e. The number of hydrogen-bond acceptors (Lipinski definition) is 5. The topological polar surface area (TPSA) is 86.1 Å². The predicted octanol–water partition coefficient (Wildman–Crippen LogP) is 4.26. The average molecular weight is 415 g/mol. The fraction of sp³-hybridized carbons (Fsp3) is 0.333. The molecule has 150 valence electrons. The van der Waals surface area contributed by atoms with Crippen LogP contribution in [0.1, 0.15) is 53.5 Å². The molecule has 0 aliphatic carbocycles. The Morgan fingerprint density at radius 3 is 2.38 bits per heavy atom. The second-order valence-corrected chi connectivity index (χ2v) is 8.15. The third-order valence-corrected chi connectivity index (χ3v) is 5.00. The van der Waals surface area contributed by atoms with E-state index in [4.69, 9.17) is 16.9 Å². The number of nitrogens with zero attached hydrogens (tertiary/aromatic N) is 3. The van der Waals surface area contributed by atoms with Gasteiger partial charge in [-0.25, -0.2) is 9.37 Å². The smallest absolute Gasteiger partial charge is 0.261 e. The minimum atomic E-state index is -0.868. The number of imide groups is 1. The quantitative estimate of drug-likeness (QED) is 0.563. The van der Waals surface area contributed by atoms with E-state index in [9.17, 15) is 14.0 Å². The van der Waals surface area contributed by atoms with Gasteiger partial charge in [-0.3, -0.25) is 14.5 Å². The number of carbonyl (C=O) groups excluding carboxylic acids is 2. The normalized spacial score (nSPS) is 15.3. The molecule has 0 saturated heterocycles. The third-order valence-electron chi connectivity index (χ3n) is 4.71. The second-order valence-electron chi connectivity index (χ2n) is 7.79. The number of pyridine rings is 1. The number of hydrogen-bond donors (Lipinski definition) is 1. The summed E-state index contributed by atoms with van der Waals surface area (Å²) in [4.78, 5) is 30.6. The molecule has 1 N–H and O–H groups in total. The van der Waals surface area contributed by atoms with E-state index in [1.54, 1.807) is 37.3 Å². The zero-order chi connectivity index (χ0) is 21.3. The van der Waals surface area contributed by atoms with Gasteiger partial charge in [-0.2, -0.15) is 5.26 Å². The van der Waals surface area contributed by atoms with Crippen molar-refractivity contribution in [1.82, 2.24) is 9.88 Å². The van der Waals surface area contributed by atoms with E-state index in [-0.39, 0.29) is 40.8 Å². The van der Waals surface area contributed by atoms with Crippen LogP contribution in [0.2, 0.25) is 5.15 Å². The van der Waals surface area contributed by atoms with Crippen LogP contribution in [0, 0.1) is 23.1 Å². The number of rotatable bonds is 6. The van der Waals surface area contributed by atoms with E-state index >= 15 is 0 Å². The third kappa shape index (κ3) is 4.08. The number of amides is 2. The zero-order valence-corrected chi connectivity index (χ0v) is 17.0. The summed E-state index contributed by atoms with van der Waals surface area (Å²) in [6, 6.07) is 9.43. The molecule has 29 heavy (non-hydrogen) atoms. The van der Waals surface area contributed by atoms with Crippen LogP contribution < -0.4 is 5.32 Å². The van der Waals surface area contributed by atoms with Crippen molar-refractivity contribution in [3.05, 3.63) is 58.0 Å². The molecule has 0 bridgehead atoms. The Hall–Kier alpha value is -2.98. The highest BCUT2D eigenvalue weighted by Crippen LogP contribution is 2.30. The summed E-state index contributed by atoms with van der Waals surface area (Å²) in [5.41, 5.74) is -0.224. The predicted molar refractivity (Wildman–Crippen MR) is 107 cm³/mol. The summed E-state index contributed by atoms with van der Waals surface area (Å²) in [5, 5.41) is 11.9. The number of anilines is 1. The average Bonchev–Trinajstić information content (AvgIpc) is 2.89. The molecule has 1 unspecified atom stereocenters. The van der Waals surface area contributed by atoms with Crippen LogP contribution in [-0.2, 0) is 0 Å². The second kappa shape index (κ2) is 7.80. The highest BCUT2D eigenvalue weighted by Gasteiger charge is 2.40. The van der Waals surface area contributed by atoms with E-state index in [0.717, 1.165) is 6.07 Å². The molecule has 8 heteroatoms. The van der Waals surface area contributed by atoms with Crippen LogP contribution in [0.5, 0.6) is 0 Å². The van der Waals surface area contributed by atoms with Crippen LogP contribution in [0.4, 0.5) is 10.2 Å². The van der Waals surface area contributed by atoms with Gasteiger partial charge in [0.2, 0.25) is 0 Å². The monoisotopic (exact) mass is 414 g/mol. The van der Waals surface area contributed by atoms with Crippen molar-refractivity contribution in [2.75, 3.05) is 11.9 Å². The Kier molecular flexibility index (Phi) is 5.58. The number of aromatic nitrogens is 1. The molecule has 3 rings (SSSR count). The van der Waals surface area contributed by atoms with Gasteiger partial charge in [0.1, 0.15) is 11.2 Å². The standard InChI is InChI=1S/C21H20ClFN4O2/c1-12(2)9-21(3,26-18-16(23)8-13(10-24)17(22)25-18)11-27-19(28)14-6-4-5-7-15(14)20(27)29/h4-8,12H,9,11H2,1-3H3,(H,25,26). The number of fused-ring (bicyclic) bond motifs is 1. The van der Waals surface area contributed by atoms with Crippen molar-refractivity contribution in [1.29, 1.82) is 5.26 Å². The van der Waals surface area contributed by atoms with Crippen molar-refractivity contribution in [3.63, 3.8) is 0 Å². The first-order chi connectivity index (χ1) is 13.6. The summed E-state index contributed by atoms with van der Waals surface area (Å²) in [7, 11) is 0. The van der Waals surface area contributed by atoms with Crippen LogP contribution in [0.15, 0.2) is 30.3 Å².